The molecule has 7 heteroatoms. The molecule has 2 amide bonds. The van der Waals surface area contributed by atoms with Crippen LogP contribution < -0.4 is 10.6 Å². The number of rotatable bonds is 5. The van der Waals surface area contributed by atoms with E-state index in [9.17, 15) is 9.59 Å². The zero-order valence-electron chi connectivity index (χ0n) is 10.6. The molecule has 0 aromatic carbocycles. The second-order valence-electron chi connectivity index (χ2n) is 4.68. The maximum Gasteiger partial charge on any atom is 0.356 e. The van der Waals surface area contributed by atoms with Crippen molar-refractivity contribution in [2.24, 2.45) is 0 Å². The van der Waals surface area contributed by atoms with Crippen LogP contribution in [0, 0.1) is 0 Å². The molecule has 2 rings (SSSR count). The molecule has 0 aliphatic heterocycles. The molecule has 0 saturated heterocycles. The van der Waals surface area contributed by atoms with E-state index in [1.807, 2.05) is 0 Å². The summed E-state index contributed by atoms with van der Waals surface area (Å²) in [6.45, 7) is 0.937. The third kappa shape index (κ3) is 3.97. The Balaban J connectivity index is 1.67. The van der Waals surface area contributed by atoms with Gasteiger partial charge in [0.15, 0.2) is 5.69 Å². The van der Waals surface area contributed by atoms with Gasteiger partial charge in [-0.25, -0.2) is 14.6 Å². The number of carboxylic acids is 1. The van der Waals surface area contributed by atoms with Crippen LogP contribution in [0.1, 0.15) is 36.2 Å². The van der Waals surface area contributed by atoms with Crippen LogP contribution in [0.3, 0.4) is 0 Å². The molecule has 19 heavy (non-hydrogen) atoms. The fourth-order valence-corrected chi connectivity index (χ4v) is 2.20. The second-order valence-corrected chi connectivity index (χ2v) is 4.68. The van der Waals surface area contributed by atoms with Gasteiger partial charge in [0, 0.05) is 25.3 Å². The Morgan fingerprint density at radius 2 is 2.16 bits per heavy atom. The van der Waals surface area contributed by atoms with Crippen molar-refractivity contribution in [3.05, 3.63) is 18.2 Å². The minimum absolute atomic E-state index is 0.00964. The molecule has 104 valence electrons. The number of carbonyl (C=O) groups is 2. The molecule has 1 fully saturated rings. The molecule has 0 bridgehead atoms. The van der Waals surface area contributed by atoms with Crippen molar-refractivity contribution in [2.45, 2.75) is 38.3 Å². The lowest BCUT2D eigenvalue weighted by molar-refractivity contribution is 0.0691. The number of imidazole rings is 1. The minimum Gasteiger partial charge on any atom is -0.476 e. The van der Waals surface area contributed by atoms with E-state index >= 15 is 0 Å². The predicted molar refractivity (Wildman–Crippen MR) is 68.0 cm³/mol. The van der Waals surface area contributed by atoms with E-state index < -0.39 is 5.97 Å². The van der Waals surface area contributed by atoms with Crippen LogP contribution in [0.2, 0.25) is 0 Å². The van der Waals surface area contributed by atoms with Gasteiger partial charge in [-0.15, -0.1) is 0 Å². The summed E-state index contributed by atoms with van der Waals surface area (Å²) >= 11 is 0. The van der Waals surface area contributed by atoms with E-state index in [2.05, 4.69) is 15.6 Å². The Labute approximate surface area is 111 Å². The summed E-state index contributed by atoms with van der Waals surface area (Å²) in [5, 5.41) is 14.4. The van der Waals surface area contributed by atoms with Crippen molar-refractivity contribution in [1.29, 1.82) is 0 Å². The maximum absolute atomic E-state index is 11.6. The molecule has 1 aliphatic rings. The van der Waals surface area contributed by atoms with Gasteiger partial charge in [0.2, 0.25) is 0 Å². The maximum atomic E-state index is 11.6. The van der Waals surface area contributed by atoms with Gasteiger partial charge in [0.05, 0.1) is 6.33 Å². The van der Waals surface area contributed by atoms with Crippen LogP contribution in [0.4, 0.5) is 4.79 Å². The van der Waals surface area contributed by atoms with Crippen LogP contribution in [0.15, 0.2) is 12.5 Å². The monoisotopic (exact) mass is 266 g/mol. The number of aromatic carboxylic acids is 1. The van der Waals surface area contributed by atoms with E-state index in [0.29, 0.717) is 19.1 Å². The van der Waals surface area contributed by atoms with Crippen LogP contribution >= 0.6 is 0 Å². The smallest absolute Gasteiger partial charge is 0.356 e. The van der Waals surface area contributed by atoms with Gasteiger partial charge < -0.3 is 20.3 Å². The minimum atomic E-state index is -1.05. The molecule has 3 N–H and O–H groups in total. The molecule has 7 nitrogen and oxygen atoms in total. The molecular weight excluding hydrogens is 248 g/mol. The Morgan fingerprint density at radius 1 is 1.42 bits per heavy atom. The van der Waals surface area contributed by atoms with E-state index in [1.165, 1.54) is 25.4 Å². The summed E-state index contributed by atoms with van der Waals surface area (Å²) in [4.78, 5) is 25.9. The SMILES string of the molecule is O=C(NCCn1cnc(C(=O)O)c1)NC1CCCC1. The van der Waals surface area contributed by atoms with E-state index in [0.717, 1.165) is 12.8 Å². The number of hydrogen-bond donors (Lipinski definition) is 3. The zero-order chi connectivity index (χ0) is 13.7. The molecular formula is C12H18N4O3. The Bertz CT molecular complexity index is 452. The first-order valence-corrected chi connectivity index (χ1v) is 6.44. The highest BCUT2D eigenvalue weighted by molar-refractivity contribution is 5.84. The van der Waals surface area contributed by atoms with Crippen molar-refractivity contribution in [2.75, 3.05) is 6.54 Å². The second kappa shape index (κ2) is 6.21. The predicted octanol–water partition coefficient (Wildman–Crippen LogP) is 0.823. The molecule has 0 unspecified atom stereocenters. The van der Waals surface area contributed by atoms with Crippen molar-refractivity contribution in [3.8, 4) is 0 Å². The Hall–Kier alpha value is -2.05. The van der Waals surface area contributed by atoms with Gasteiger partial charge in [-0.1, -0.05) is 12.8 Å². The molecule has 1 aliphatic carbocycles. The number of aromatic nitrogens is 2. The normalized spacial score (nSPS) is 15.4. The summed E-state index contributed by atoms with van der Waals surface area (Å²) in [5.74, 6) is -1.05. The van der Waals surface area contributed by atoms with Crippen molar-refractivity contribution in [3.63, 3.8) is 0 Å². The third-order valence-corrected chi connectivity index (χ3v) is 3.20. The van der Waals surface area contributed by atoms with Crippen molar-refractivity contribution in [1.82, 2.24) is 20.2 Å². The van der Waals surface area contributed by atoms with E-state index in [1.54, 1.807) is 4.57 Å². The lowest BCUT2D eigenvalue weighted by Crippen LogP contribution is -2.41. The number of nitrogens with one attached hydrogen (secondary N) is 2. The summed E-state index contributed by atoms with van der Waals surface area (Å²) < 4.78 is 1.64. The quantitative estimate of drug-likeness (QED) is 0.735. The van der Waals surface area contributed by atoms with Crippen LogP contribution in [-0.4, -0.2) is 39.2 Å². The van der Waals surface area contributed by atoms with Gasteiger partial charge in [-0.3, -0.25) is 0 Å². The average molecular weight is 266 g/mol. The molecule has 0 atom stereocenters. The summed E-state index contributed by atoms with van der Waals surface area (Å²) in [6, 6.07) is 0.136. The lowest BCUT2D eigenvalue weighted by atomic mass is 10.2. The fourth-order valence-electron chi connectivity index (χ4n) is 2.20. The first-order valence-electron chi connectivity index (χ1n) is 6.44. The topological polar surface area (TPSA) is 96.2 Å². The average Bonchev–Trinajstić information content (AvgIpc) is 3.00. The molecule has 1 saturated carbocycles. The van der Waals surface area contributed by atoms with Crippen LogP contribution in [0.25, 0.3) is 0 Å². The van der Waals surface area contributed by atoms with E-state index in [-0.39, 0.29) is 11.7 Å². The molecule has 0 spiro atoms. The zero-order valence-corrected chi connectivity index (χ0v) is 10.6. The largest absolute Gasteiger partial charge is 0.476 e. The Kier molecular flexibility index (Phi) is 4.38. The highest BCUT2D eigenvalue weighted by Gasteiger charge is 2.16. The molecule has 1 aromatic heterocycles. The molecule has 1 aromatic rings. The van der Waals surface area contributed by atoms with Gasteiger partial charge in [0.1, 0.15) is 0 Å². The highest BCUT2D eigenvalue weighted by atomic mass is 16.4. The number of amides is 2. The summed E-state index contributed by atoms with van der Waals surface area (Å²) in [7, 11) is 0. The standard InChI is InChI=1S/C12H18N4O3/c17-11(18)10-7-16(8-14-10)6-5-13-12(19)15-9-3-1-2-4-9/h7-9H,1-6H2,(H,17,18)(H2,13,15,19). The Morgan fingerprint density at radius 3 is 2.79 bits per heavy atom. The number of urea groups is 1. The van der Waals surface area contributed by atoms with Gasteiger partial charge in [0.25, 0.3) is 0 Å². The summed E-state index contributed by atoms with van der Waals surface area (Å²) in [5.41, 5.74) is 0.00964. The fraction of sp³-hybridized carbons (Fsp3) is 0.583. The number of carboxylic acid groups (broad SMARTS) is 1. The first-order chi connectivity index (χ1) is 9.15. The van der Waals surface area contributed by atoms with Crippen molar-refractivity contribution < 1.29 is 14.7 Å². The van der Waals surface area contributed by atoms with Crippen LogP contribution in [0.5, 0.6) is 0 Å². The number of hydrogen-bond acceptors (Lipinski definition) is 3. The summed E-state index contributed by atoms with van der Waals surface area (Å²) in [6.07, 6.45) is 7.35. The lowest BCUT2D eigenvalue weighted by Gasteiger charge is -2.12. The van der Waals surface area contributed by atoms with Crippen molar-refractivity contribution >= 4 is 12.0 Å². The molecule has 1 heterocycles. The van der Waals surface area contributed by atoms with Gasteiger partial charge in [-0.2, -0.15) is 0 Å². The number of nitrogens with zero attached hydrogens (tertiary/aromatic N) is 2. The van der Waals surface area contributed by atoms with Gasteiger partial charge in [-0.05, 0) is 12.8 Å². The van der Waals surface area contributed by atoms with Crippen LogP contribution in [-0.2, 0) is 6.54 Å². The number of carbonyl (C=O) groups excluding carboxylic acids is 1. The van der Waals surface area contributed by atoms with Gasteiger partial charge >= 0.3 is 12.0 Å². The first kappa shape index (κ1) is 13.4. The van der Waals surface area contributed by atoms with E-state index in [4.69, 9.17) is 5.11 Å². The highest BCUT2D eigenvalue weighted by Crippen LogP contribution is 2.17. The molecule has 0 radical (unpaired) electrons. The third-order valence-electron chi connectivity index (χ3n) is 3.20.